The van der Waals surface area contributed by atoms with Crippen molar-refractivity contribution in [3.05, 3.63) is 42.0 Å². The van der Waals surface area contributed by atoms with Crippen molar-refractivity contribution in [2.75, 3.05) is 36.9 Å². The molecule has 22 heavy (non-hydrogen) atoms. The Balaban J connectivity index is 1.75. The standard InChI is InChI=1S/C15H20N2O3S2/c18-15(7-6-14-4-2-1-3-5-14)16-8-13-22(19,20)17-9-11-21-12-10-17/h1-7H,8-13H2,(H,16,18)/b7-6+. The summed E-state index contributed by atoms with van der Waals surface area (Å²) >= 11 is 1.76. The van der Waals surface area contributed by atoms with Gasteiger partial charge in [-0.05, 0) is 11.6 Å². The van der Waals surface area contributed by atoms with Crippen LogP contribution in [0.4, 0.5) is 0 Å². The number of hydrogen-bond donors (Lipinski definition) is 1. The maximum absolute atomic E-state index is 12.1. The smallest absolute Gasteiger partial charge is 0.244 e. The van der Waals surface area contributed by atoms with Gasteiger partial charge in [0, 0.05) is 37.2 Å². The average molecular weight is 340 g/mol. The van der Waals surface area contributed by atoms with E-state index in [-0.39, 0.29) is 18.2 Å². The topological polar surface area (TPSA) is 66.5 Å². The fraction of sp³-hybridized carbons (Fsp3) is 0.400. The van der Waals surface area contributed by atoms with Crippen molar-refractivity contribution in [3.8, 4) is 0 Å². The molecule has 0 aliphatic carbocycles. The van der Waals surface area contributed by atoms with Crippen molar-refractivity contribution < 1.29 is 13.2 Å². The largest absolute Gasteiger partial charge is 0.351 e. The highest BCUT2D eigenvalue weighted by atomic mass is 32.2. The van der Waals surface area contributed by atoms with Crippen LogP contribution < -0.4 is 5.32 Å². The zero-order chi connectivity index (χ0) is 15.8. The number of hydrogen-bond acceptors (Lipinski definition) is 4. The first-order chi connectivity index (χ1) is 10.6. The molecule has 5 nitrogen and oxygen atoms in total. The quantitative estimate of drug-likeness (QED) is 0.790. The van der Waals surface area contributed by atoms with Crippen molar-refractivity contribution in [3.63, 3.8) is 0 Å². The van der Waals surface area contributed by atoms with E-state index in [9.17, 15) is 13.2 Å². The van der Waals surface area contributed by atoms with E-state index in [2.05, 4.69) is 5.32 Å². The number of carbonyl (C=O) groups excluding carboxylic acids is 1. The molecule has 120 valence electrons. The summed E-state index contributed by atoms with van der Waals surface area (Å²) in [5.74, 6) is 1.34. The van der Waals surface area contributed by atoms with Gasteiger partial charge in [0.2, 0.25) is 15.9 Å². The highest BCUT2D eigenvalue weighted by Gasteiger charge is 2.23. The van der Waals surface area contributed by atoms with Gasteiger partial charge >= 0.3 is 0 Å². The number of carbonyl (C=O) groups is 1. The van der Waals surface area contributed by atoms with Gasteiger partial charge in [0.05, 0.1) is 5.75 Å². The Morgan fingerprint density at radius 3 is 2.59 bits per heavy atom. The van der Waals surface area contributed by atoms with Gasteiger partial charge in [-0.25, -0.2) is 12.7 Å². The first kappa shape index (κ1) is 17.1. The highest BCUT2D eigenvalue weighted by Crippen LogP contribution is 2.12. The maximum Gasteiger partial charge on any atom is 0.244 e. The zero-order valence-corrected chi connectivity index (χ0v) is 13.9. The molecule has 0 aromatic heterocycles. The lowest BCUT2D eigenvalue weighted by Crippen LogP contribution is -2.41. The van der Waals surface area contributed by atoms with E-state index in [0.717, 1.165) is 17.1 Å². The minimum absolute atomic E-state index is 0.0530. The monoisotopic (exact) mass is 340 g/mol. The minimum atomic E-state index is -3.26. The zero-order valence-electron chi connectivity index (χ0n) is 12.3. The lowest BCUT2D eigenvalue weighted by Gasteiger charge is -2.25. The summed E-state index contributed by atoms with van der Waals surface area (Å²) in [7, 11) is -3.26. The Labute approximate surface area is 135 Å². The summed E-state index contributed by atoms with van der Waals surface area (Å²) in [4.78, 5) is 11.7. The van der Waals surface area contributed by atoms with Crippen LogP contribution in [0.25, 0.3) is 6.08 Å². The Kier molecular flexibility index (Phi) is 6.48. The van der Waals surface area contributed by atoms with Gasteiger partial charge in [0.1, 0.15) is 0 Å². The molecule has 0 unspecified atom stereocenters. The fourth-order valence-corrected chi connectivity index (χ4v) is 4.54. The number of rotatable bonds is 6. The van der Waals surface area contributed by atoms with E-state index >= 15 is 0 Å². The molecule has 1 heterocycles. The van der Waals surface area contributed by atoms with Crippen LogP contribution in [-0.4, -0.2) is 55.5 Å². The van der Waals surface area contributed by atoms with E-state index in [1.165, 1.54) is 10.4 Å². The van der Waals surface area contributed by atoms with E-state index in [0.29, 0.717) is 13.1 Å². The lowest BCUT2D eigenvalue weighted by atomic mass is 10.2. The van der Waals surface area contributed by atoms with Crippen LogP contribution in [0, 0.1) is 0 Å². The second-order valence-electron chi connectivity index (χ2n) is 4.86. The van der Waals surface area contributed by atoms with Crippen LogP contribution in [-0.2, 0) is 14.8 Å². The third-order valence-electron chi connectivity index (χ3n) is 3.25. The molecule has 1 amide bonds. The molecule has 0 saturated carbocycles. The van der Waals surface area contributed by atoms with E-state index in [1.807, 2.05) is 30.3 Å². The molecule has 2 rings (SSSR count). The fourth-order valence-electron chi connectivity index (χ4n) is 2.05. The van der Waals surface area contributed by atoms with E-state index in [4.69, 9.17) is 0 Å². The Hall–Kier alpha value is -1.31. The number of amides is 1. The molecular formula is C15H20N2O3S2. The normalized spacial score (nSPS) is 16.7. The van der Waals surface area contributed by atoms with Crippen LogP contribution in [0.2, 0.25) is 0 Å². The average Bonchev–Trinajstić information content (AvgIpc) is 2.54. The van der Waals surface area contributed by atoms with Crippen molar-refractivity contribution >= 4 is 33.8 Å². The maximum atomic E-state index is 12.1. The SMILES string of the molecule is O=C(/C=C/c1ccccc1)NCCS(=O)(=O)N1CCSCC1. The third kappa shape index (κ3) is 5.47. The van der Waals surface area contributed by atoms with Gasteiger partial charge in [-0.2, -0.15) is 11.8 Å². The Morgan fingerprint density at radius 2 is 1.91 bits per heavy atom. The molecule has 0 bridgehead atoms. The first-order valence-electron chi connectivity index (χ1n) is 7.14. The first-order valence-corrected chi connectivity index (χ1v) is 9.91. The number of thioether (sulfide) groups is 1. The molecule has 7 heteroatoms. The molecule has 1 fully saturated rings. The van der Waals surface area contributed by atoms with Crippen LogP contribution in [0.3, 0.4) is 0 Å². The van der Waals surface area contributed by atoms with Gasteiger partial charge in [0.25, 0.3) is 0 Å². The van der Waals surface area contributed by atoms with Gasteiger partial charge in [-0.15, -0.1) is 0 Å². The minimum Gasteiger partial charge on any atom is -0.351 e. The highest BCUT2D eigenvalue weighted by molar-refractivity contribution is 7.99. The molecule has 0 atom stereocenters. The number of benzene rings is 1. The van der Waals surface area contributed by atoms with Gasteiger partial charge in [0.15, 0.2) is 0 Å². The lowest BCUT2D eigenvalue weighted by molar-refractivity contribution is -0.116. The molecule has 1 aromatic rings. The predicted molar refractivity (Wildman–Crippen MR) is 91.2 cm³/mol. The molecule has 1 N–H and O–H groups in total. The Bertz CT molecular complexity index is 609. The van der Waals surface area contributed by atoms with Crippen molar-refractivity contribution in [1.29, 1.82) is 0 Å². The van der Waals surface area contributed by atoms with E-state index < -0.39 is 10.0 Å². The van der Waals surface area contributed by atoms with Crippen LogP contribution >= 0.6 is 11.8 Å². The van der Waals surface area contributed by atoms with Crippen molar-refractivity contribution in [1.82, 2.24) is 9.62 Å². The van der Waals surface area contributed by atoms with Gasteiger partial charge < -0.3 is 5.32 Å². The van der Waals surface area contributed by atoms with Crippen LogP contribution in [0.15, 0.2) is 36.4 Å². The molecular weight excluding hydrogens is 320 g/mol. The number of nitrogens with zero attached hydrogens (tertiary/aromatic N) is 1. The second kappa shape index (κ2) is 8.36. The molecule has 1 aromatic carbocycles. The number of sulfonamides is 1. The second-order valence-corrected chi connectivity index (χ2v) is 8.18. The summed E-state index contributed by atoms with van der Waals surface area (Å²) in [5, 5.41) is 2.61. The summed E-state index contributed by atoms with van der Waals surface area (Å²) < 4.78 is 25.7. The summed E-state index contributed by atoms with van der Waals surface area (Å²) in [5.41, 5.74) is 0.927. The molecule has 0 radical (unpaired) electrons. The summed E-state index contributed by atoms with van der Waals surface area (Å²) in [6.07, 6.45) is 3.12. The van der Waals surface area contributed by atoms with Crippen LogP contribution in [0.1, 0.15) is 5.56 Å². The number of nitrogens with one attached hydrogen (secondary N) is 1. The molecule has 1 aliphatic heterocycles. The molecule has 1 saturated heterocycles. The summed E-state index contributed by atoms with van der Waals surface area (Å²) in [6.45, 7) is 1.26. The predicted octanol–water partition coefficient (Wildman–Crippen LogP) is 1.19. The third-order valence-corrected chi connectivity index (χ3v) is 6.06. The van der Waals surface area contributed by atoms with Gasteiger partial charge in [-0.3, -0.25) is 4.79 Å². The van der Waals surface area contributed by atoms with Gasteiger partial charge in [-0.1, -0.05) is 30.3 Å². The Morgan fingerprint density at radius 1 is 1.23 bits per heavy atom. The van der Waals surface area contributed by atoms with Crippen molar-refractivity contribution in [2.45, 2.75) is 0 Å². The van der Waals surface area contributed by atoms with Crippen molar-refractivity contribution in [2.24, 2.45) is 0 Å². The molecule has 0 spiro atoms. The summed E-state index contributed by atoms with van der Waals surface area (Å²) in [6, 6.07) is 9.47. The molecule has 1 aliphatic rings. The van der Waals surface area contributed by atoms with E-state index in [1.54, 1.807) is 17.8 Å². The van der Waals surface area contributed by atoms with Crippen LogP contribution in [0.5, 0.6) is 0 Å².